The van der Waals surface area contributed by atoms with Crippen LogP contribution in [-0.2, 0) is 12.0 Å². The first-order valence-corrected chi connectivity index (χ1v) is 7.62. The Kier molecular flexibility index (Phi) is 3.05. The number of rotatable bonds is 3. The summed E-state index contributed by atoms with van der Waals surface area (Å²) >= 11 is 1.79. The summed E-state index contributed by atoms with van der Waals surface area (Å²) in [7, 11) is 0. The van der Waals surface area contributed by atoms with Crippen molar-refractivity contribution < 1.29 is 0 Å². The van der Waals surface area contributed by atoms with Gasteiger partial charge in [0, 0.05) is 16.8 Å². The van der Waals surface area contributed by atoms with Crippen LogP contribution < -0.4 is 5.73 Å². The number of hydrogen-bond acceptors (Lipinski definition) is 3. The zero-order chi connectivity index (χ0) is 14.3. The third kappa shape index (κ3) is 2.20. The molecule has 0 saturated heterocycles. The van der Waals surface area contributed by atoms with Gasteiger partial charge in [0.25, 0.3) is 0 Å². The van der Waals surface area contributed by atoms with Gasteiger partial charge in [0.1, 0.15) is 0 Å². The minimum absolute atomic E-state index is 0.0413. The fourth-order valence-corrected chi connectivity index (χ4v) is 3.40. The van der Waals surface area contributed by atoms with Crippen molar-refractivity contribution in [3.63, 3.8) is 0 Å². The molecule has 0 atom stereocenters. The fourth-order valence-electron chi connectivity index (χ4n) is 2.55. The summed E-state index contributed by atoms with van der Waals surface area (Å²) in [4.78, 5) is 5.83. The molecule has 0 unspecified atom stereocenters. The smallest absolute Gasteiger partial charge is 0.201 e. The first kappa shape index (κ1) is 13.2. The van der Waals surface area contributed by atoms with Crippen molar-refractivity contribution in [3.05, 3.63) is 46.2 Å². The number of nitrogens with two attached hydrogens (primary N) is 1. The number of thiophene rings is 1. The van der Waals surface area contributed by atoms with Crippen molar-refractivity contribution in [2.75, 3.05) is 5.73 Å². The SMILES string of the molecule is Cc1ccc2nc(N)n(CC(C)(C)c3cccs3)c2c1. The van der Waals surface area contributed by atoms with Crippen LogP contribution in [0.15, 0.2) is 35.7 Å². The van der Waals surface area contributed by atoms with Crippen LogP contribution in [0.2, 0.25) is 0 Å². The molecule has 3 aromatic rings. The Balaban J connectivity index is 2.06. The zero-order valence-corrected chi connectivity index (χ0v) is 12.9. The topological polar surface area (TPSA) is 43.8 Å². The second-order valence-corrected chi connectivity index (χ2v) is 6.86. The summed E-state index contributed by atoms with van der Waals surface area (Å²) in [5.41, 5.74) is 9.48. The van der Waals surface area contributed by atoms with Gasteiger partial charge in [-0.2, -0.15) is 0 Å². The summed E-state index contributed by atoms with van der Waals surface area (Å²) < 4.78 is 2.13. The van der Waals surface area contributed by atoms with Crippen LogP contribution in [0.3, 0.4) is 0 Å². The lowest BCUT2D eigenvalue weighted by Crippen LogP contribution is -2.24. The molecule has 3 rings (SSSR count). The monoisotopic (exact) mass is 285 g/mol. The Bertz CT molecular complexity index is 739. The standard InChI is InChI=1S/C16H19N3S/c1-11-6-7-12-13(9-11)19(15(17)18-12)10-16(2,3)14-5-4-8-20-14/h4-9H,10H2,1-3H3,(H2,17,18). The van der Waals surface area contributed by atoms with E-state index in [9.17, 15) is 0 Å². The molecule has 0 fully saturated rings. The lowest BCUT2D eigenvalue weighted by atomic mass is 9.91. The Hall–Kier alpha value is -1.81. The molecule has 0 radical (unpaired) electrons. The van der Waals surface area contributed by atoms with E-state index in [4.69, 9.17) is 5.73 Å². The second-order valence-electron chi connectivity index (χ2n) is 5.91. The Labute approximate surface area is 123 Å². The number of fused-ring (bicyclic) bond motifs is 1. The van der Waals surface area contributed by atoms with Gasteiger partial charge in [-0.3, -0.25) is 0 Å². The fraction of sp³-hybridized carbons (Fsp3) is 0.312. The number of aromatic nitrogens is 2. The quantitative estimate of drug-likeness (QED) is 0.791. The highest BCUT2D eigenvalue weighted by Crippen LogP contribution is 2.31. The largest absolute Gasteiger partial charge is 0.369 e. The van der Waals surface area contributed by atoms with Gasteiger partial charge in [0.15, 0.2) is 0 Å². The summed E-state index contributed by atoms with van der Waals surface area (Å²) in [6.45, 7) is 7.43. The summed E-state index contributed by atoms with van der Waals surface area (Å²) in [6, 6.07) is 10.6. The molecule has 0 spiro atoms. The van der Waals surface area contributed by atoms with E-state index in [1.165, 1.54) is 10.4 Å². The number of benzene rings is 1. The van der Waals surface area contributed by atoms with Crippen LogP contribution in [-0.4, -0.2) is 9.55 Å². The van der Waals surface area contributed by atoms with Crippen molar-refractivity contribution in [2.24, 2.45) is 0 Å². The molecule has 2 heterocycles. The maximum atomic E-state index is 6.12. The highest BCUT2D eigenvalue weighted by Gasteiger charge is 2.24. The number of nitrogens with zero attached hydrogens (tertiary/aromatic N) is 2. The Morgan fingerprint density at radius 1 is 1.30 bits per heavy atom. The van der Waals surface area contributed by atoms with Crippen LogP contribution in [0.5, 0.6) is 0 Å². The first-order valence-electron chi connectivity index (χ1n) is 6.74. The van der Waals surface area contributed by atoms with E-state index < -0.39 is 0 Å². The molecule has 0 aliphatic carbocycles. The first-order chi connectivity index (χ1) is 9.47. The van der Waals surface area contributed by atoms with Crippen molar-refractivity contribution in [3.8, 4) is 0 Å². The molecule has 0 bridgehead atoms. The number of imidazole rings is 1. The van der Waals surface area contributed by atoms with Gasteiger partial charge < -0.3 is 10.3 Å². The van der Waals surface area contributed by atoms with Gasteiger partial charge in [-0.05, 0) is 36.1 Å². The van der Waals surface area contributed by atoms with Gasteiger partial charge in [-0.25, -0.2) is 4.98 Å². The van der Waals surface area contributed by atoms with E-state index in [0.29, 0.717) is 5.95 Å². The summed E-state index contributed by atoms with van der Waals surface area (Å²) in [5.74, 6) is 0.593. The van der Waals surface area contributed by atoms with E-state index in [-0.39, 0.29) is 5.41 Å². The van der Waals surface area contributed by atoms with Gasteiger partial charge in [0.05, 0.1) is 11.0 Å². The minimum Gasteiger partial charge on any atom is -0.369 e. The average molecular weight is 285 g/mol. The lowest BCUT2D eigenvalue weighted by Gasteiger charge is -2.24. The van der Waals surface area contributed by atoms with Crippen molar-refractivity contribution in [1.82, 2.24) is 9.55 Å². The number of anilines is 1. The molecule has 0 aliphatic heterocycles. The molecular formula is C16H19N3S. The van der Waals surface area contributed by atoms with Gasteiger partial charge in [-0.1, -0.05) is 26.0 Å². The molecule has 4 heteroatoms. The van der Waals surface area contributed by atoms with Crippen molar-refractivity contribution in [2.45, 2.75) is 32.7 Å². The number of aryl methyl sites for hydroxylation is 1. The van der Waals surface area contributed by atoms with E-state index in [0.717, 1.165) is 17.6 Å². The third-order valence-corrected chi connectivity index (χ3v) is 4.91. The van der Waals surface area contributed by atoms with Crippen LogP contribution in [0.1, 0.15) is 24.3 Å². The van der Waals surface area contributed by atoms with Gasteiger partial charge >= 0.3 is 0 Å². The van der Waals surface area contributed by atoms with E-state index >= 15 is 0 Å². The lowest BCUT2D eigenvalue weighted by molar-refractivity contribution is 0.453. The third-order valence-electron chi connectivity index (χ3n) is 3.67. The predicted molar refractivity (Wildman–Crippen MR) is 86.2 cm³/mol. The molecule has 20 heavy (non-hydrogen) atoms. The predicted octanol–water partition coefficient (Wildman–Crippen LogP) is 3.97. The highest BCUT2D eigenvalue weighted by molar-refractivity contribution is 7.10. The van der Waals surface area contributed by atoms with Gasteiger partial charge in [0.2, 0.25) is 5.95 Å². The molecule has 0 aliphatic rings. The van der Waals surface area contributed by atoms with Crippen molar-refractivity contribution in [1.29, 1.82) is 0 Å². The second kappa shape index (κ2) is 4.63. The normalized spacial score (nSPS) is 12.2. The van der Waals surface area contributed by atoms with E-state index in [2.05, 4.69) is 60.0 Å². The highest BCUT2D eigenvalue weighted by atomic mass is 32.1. The van der Waals surface area contributed by atoms with E-state index in [1.807, 2.05) is 6.07 Å². The molecule has 104 valence electrons. The molecule has 2 N–H and O–H groups in total. The van der Waals surface area contributed by atoms with E-state index in [1.54, 1.807) is 11.3 Å². The molecular weight excluding hydrogens is 266 g/mol. The number of nitrogen functional groups attached to an aromatic ring is 1. The maximum absolute atomic E-state index is 6.12. The minimum atomic E-state index is 0.0413. The zero-order valence-electron chi connectivity index (χ0n) is 12.1. The molecule has 2 aromatic heterocycles. The molecule has 0 saturated carbocycles. The number of hydrogen-bond donors (Lipinski definition) is 1. The van der Waals surface area contributed by atoms with Crippen LogP contribution in [0.4, 0.5) is 5.95 Å². The maximum Gasteiger partial charge on any atom is 0.201 e. The Morgan fingerprint density at radius 2 is 2.10 bits per heavy atom. The van der Waals surface area contributed by atoms with Crippen LogP contribution >= 0.6 is 11.3 Å². The molecule has 3 nitrogen and oxygen atoms in total. The Morgan fingerprint density at radius 3 is 2.80 bits per heavy atom. The molecule has 0 amide bonds. The molecule has 1 aromatic carbocycles. The average Bonchev–Trinajstić information content (AvgIpc) is 3.00. The van der Waals surface area contributed by atoms with Crippen molar-refractivity contribution >= 4 is 28.3 Å². The van der Waals surface area contributed by atoms with Crippen LogP contribution in [0.25, 0.3) is 11.0 Å². The van der Waals surface area contributed by atoms with Gasteiger partial charge in [-0.15, -0.1) is 11.3 Å². The summed E-state index contributed by atoms with van der Waals surface area (Å²) in [6.07, 6.45) is 0. The van der Waals surface area contributed by atoms with Crippen LogP contribution in [0, 0.1) is 6.92 Å². The summed E-state index contributed by atoms with van der Waals surface area (Å²) in [5, 5.41) is 2.12.